The first-order chi connectivity index (χ1) is 23.9. The summed E-state index contributed by atoms with van der Waals surface area (Å²) in [5, 5.41) is 1.09. The van der Waals surface area contributed by atoms with Gasteiger partial charge in [0.2, 0.25) is 5.95 Å². The lowest BCUT2D eigenvalue weighted by atomic mass is 9.76. The Morgan fingerprint density at radius 3 is 2.63 bits per heavy atom. The maximum Gasteiger partial charge on any atom is 0.257 e. The number of amides is 1. The highest BCUT2D eigenvalue weighted by Crippen LogP contribution is 2.41. The number of ether oxygens (including phenoxy) is 2. The molecule has 2 saturated heterocycles. The summed E-state index contributed by atoms with van der Waals surface area (Å²) < 4.78 is 13.7. The lowest BCUT2D eigenvalue weighted by Gasteiger charge is -2.33. The number of para-hydroxylation sites is 2. The maximum atomic E-state index is 14.1. The van der Waals surface area contributed by atoms with Crippen molar-refractivity contribution in [2.45, 2.75) is 43.9 Å². The van der Waals surface area contributed by atoms with Crippen LogP contribution in [0.1, 0.15) is 47.7 Å². The molecule has 0 radical (unpaired) electrons. The van der Waals surface area contributed by atoms with Gasteiger partial charge >= 0.3 is 0 Å². The number of aromatic nitrogens is 2. The molecule has 0 saturated carbocycles. The largest absolute Gasteiger partial charge is 0.496 e. The maximum absolute atomic E-state index is 14.1. The van der Waals surface area contributed by atoms with E-state index in [2.05, 4.69) is 51.0 Å². The minimum absolute atomic E-state index is 0.0133. The molecule has 1 aromatic heterocycles. The molecule has 1 unspecified atom stereocenters. The minimum Gasteiger partial charge on any atom is -0.496 e. The van der Waals surface area contributed by atoms with E-state index in [0.29, 0.717) is 47.7 Å². The van der Waals surface area contributed by atoms with Crippen molar-refractivity contribution in [3.05, 3.63) is 87.4 Å². The second kappa shape index (κ2) is 16.4. The normalized spacial score (nSPS) is 18.7. The van der Waals surface area contributed by atoms with Crippen LogP contribution < -0.4 is 9.64 Å². The molecule has 1 amide bonds. The molecule has 2 aliphatic rings. The highest BCUT2D eigenvalue weighted by Gasteiger charge is 2.42. The number of carbonyl (C=O) groups is 1. The number of fused-ring (bicyclic) bond motifs is 1. The molecule has 262 valence electrons. The summed E-state index contributed by atoms with van der Waals surface area (Å²) >= 11 is 14.7. The first-order valence-electron chi connectivity index (χ1n) is 17.3. The Bertz CT molecular complexity index is 1750. The van der Waals surface area contributed by atoms with Crippen LogP contribution in [0, 0.1) is 0 Å². The summed E-state index contributed by atoms with van der Waals surface area (Å²) in [5.41, 5.74) is 4.81. The molecule has 2 aliphatic heterocycles. The second-order valence-corrected chi connectivity index (χ2v) is 14.7. The fourth-order valence-corrected chi connectivity index (χ4v) is 8.21. The monoisotopic (exact) mass is 723 g/mol. The van der Waals surface area contributed by atoms with Crippen LogP contribution in [0.25, 0.3) is 11.0 Å². The Morgan fingerprint density at radius 2 is 1.84 bits per heavy atom. The third-order valence-electron chi connectivity index (χ3n) is 10.1. The van der Waals surface area contributed by atoms with E-state index >= 15 is 0 Å². The average molecular weight is 725 g/mol. The SMILES string of the molecule is CCOCCn1c(N2CCCN(CCC3(c4ccc(Cl)c(Cl)c4)CCN(C(=O)c4cc(CSC)ccc4OC)C3)CC2)nc2ccccc21. The van der Waals surface area contributed by atoms with Crippen molar-refractivity contribution >= 4 is 57.9 Å². The lowest BCUT2D eigenvalue weighted by molar-refractivity contribution is 0.0777. The van der Waals surface area contributed by atoms with Gasteiger partial charge in [0.15, 0.2) is 0 Å². The molecular formula is C38H47Cl2N5O3S. The molecule has 8 nitrogen and oxygen atoms in total. The van der Waals surface area contributed by atoms with Gasteiger partial charge in [0, 0.05) is 57.0 Å². The summed E-state index contributed by atoms with van der Waals surface area (Å²) in [5.74, 6) is 2.50. The molecule has 3 heterocycles. The van der Waals surface area contributed by atoms with Crippen LogP contribution in [-0.2, 0) is 22.4 Å². The number of nitrogens with zero attached hydrogens (tertiary/aromatic N) is 5. The van der Waals surface area contributed by atoms with Crippen LogP contribution in [0.4, 0.5) is 5.95 Å². The summed E-state index contributed by atoms with van der Waals surface area (Å²) in [7, 11) is 1.63. The Balaban J connectivity index is 1.19. The van der Waals surface area contributed by atoms with Crippen molar-refractivity contribution in [3.63, 3.8) is 0 Å². The Kier molecular flexibility index (Phi) is 12.0. The molecule has 0 N–H and O–H groups in total. The standard InChI is InChI=1S/C38H47Cl2N5O3S/c1-4-48-23-22-45-34-9-6-5-8-33(34)41-37(45)43-17-7-16-42(20-21-43)18-14-38(29-11-12-31(39)32(40)25-29)15-19-44(27-38)36(46)30-24-28(26-49-3)10-13-35(30)47-2/h5-6,8-13,24-25H,4,7,14-23,26-27H2,1-3H3. The van der Waals surface area contributed by atoms with Gasteiger partial charge in [0.25, 0.3) is 5.91 Å². The Morgan fingerprint density at radius 1 is 0.980 bits per heavy atom. The van der Waals surface area contributed by atoms with Crippen molar-refractivity contribution in [2.24, 2.45) is 0 Å². The van der Waals surface area contributed by atoms with Gasteiger partial charge in [-0.3, -0.25) is 4.79 Å². The van der Waals surface area contributed by atoms with Gasteiger partial charge in [-0.05, 0) is 93.1 Å². The molecule has 0 aliphatic carbocycles. The van der Waals surface area contributed by atoms with E-state index in [1.165, 1.54) is 0 Å². The van der Waals surface area contributed by atoms with E-state index in [-0.39, 0.29) is 11.3 Å². The van der Waals surface area contributed by atoms with E-state index in [1.54, 1.807) is 18.9 Å². The molecule has 0 bridgehead atoms. The molecule has 1 atom stereocenters. The zero-order valence-electron chi connectivity index (χ0n) is 28.8. The molecule has 4 aromatic rings. The number of anilines is 1. The van der Waals surface area contributed by atoms with Crippen LogP contribution in [0.15, 0.2) is 60.7 Å². The fraction of sp³-hybridized carbons (Fsp3) is 0.474. The third-order valence-corrected chi connectivity index (χ3v) is 11.4. The van der Waals surface area contributed by atoms with Gasteiger partial charge in [-0.15, -0.1) is 0 Å². The highest BCUT2D eigenvalue weighted by atomic mass is 35.5. The van der Waals surface area contributed by atoms with Gasteiger partial charge in [-0.2, -0.15) is 11.8 Å². The Hall–Kier alpha value is -2.95. The molecule has 49 heavy (non-hydrogen) atoms. The van der Waals surface area contributed by atoms with Crippen molar-refractivity contribution in [1.82, 2.24) is 19.4 Å². The van der Waals surface area contributed by atoms with E-state index in [4.69, 9.17) is 37.7 Å². The number of imidazole rings is 1. The number of methoxy groups -OCH3 is 1. The predicted molar refractivity (Wildman–Crippen MR) is 203 cm³/mol. The second-order valence-electron chi connectivity index (χ2n) is 13.0. The van der Waals surface area contributed by atoms with Gasteiger partial charge in [0.1, 0.15) is 5.75 Å². The van der Waals surface area contributed by atoms with Gasteiger partial charge < -0.3 is 28.7 Å². The van der Waals surface area contributed by atoms with E-state index in [1.807, 2.05) is 42.2 Å². The van der Waals surface area contributed by atoms with E-state index < -0.39 is 0 Å². The number of rotatable bonds is 13. The summed E-state index contributed by atoms with van der Waals surface area (Å²) in [6.45, 7) is 10.2. The number of hydrogen-bond acceptors (Lipinski definition) is 7. The van der Waals surface area contributed by atoms with Gasteiger partial charge in [-0.25, -0.2) is 4.98 Å². The van der Waals surface area contributed by atoms with Crippen molar-refractivity contribution in [2.75, 3.05) is 77.3 Å². The molecule has 6 rings (SSSR count). The fourth-order valence-electron chi connectivity index (χ4n) is 7.40. The minimum atomic E-state index is -0.243. The van der Waals surface area contributed by atoms with Gasteiger partial charge in [-0.1, -0.05) is 47.5 Å². The lowest BCUT2D eigenvalue weighted by Crippen LogP contribution is -2.39. The number of likely N-dealkylation sites (tertiary alicyclic amines) is 1. The number of carbonyl (C=O) groups excluding carboxylic acids is 1. The number of benzene rings is 3. The summed E-state index contributed by atoms with van der Waals surface area (Å²) in [6, 6.07) is 20.3. The molecular weight excluding hydrogens is 677 g/mol. The average Bonchev–Trinajstić information content (AvgIpc) is 3.63. The van der Waals surface area contributed by atoms with E-state index in [9.17, 15) is 4.79 Å². The molecule has 3 aromatic carbocycles. The van der Waals surface area contributed by atoms with Crippen LogP contribution in [0.3, 0.4) is 0 Å². The topological polar surface area (TPSA) is 63.1 Å². The number of halogens is 2. The Labute approximate surface area is 304 Å². The number of thioether (sulfide) groups is 1. The zero-order valence-corrected chi connectivity index (χ0v) is 31.1. The highest BCUT2D eigenvalue weighted by molar-refractivity contribution is 7.97. The predicted octanol–water partition coefficient (Wildman–Crippen LogP) is 7.64. The first kappa shape index (κ1) is 35.9. The third kappa shape index (κ3) is 8.02. The summed E-state index contributed by atoms with van der Waals surface area (Å²) in [4.78, 5) is 26.2. The first-order valence-corrected chi connectivity index (χ1v) is 19.4. The smallest absolute Gasteiger partial charge is 0.257 e. The zero-order chi connectivity index (χ0) is 34.4. The van der Waals surface area contributed by atoms with Crippen LogP contribution in [0.2, 0.25) is 10.0 Å². The van der Waals surface area contributed by atoms with Crippen LogP contribution in [-0.4, -0.2) is 97.7 Å². The molecule has 0 spiro atoms. The number of hydrogen-bond donors (Lipinski definition) is 0. The quantitative estimate of drug-likeness (QED) is 0.132. The van der Waals surface area contributed by atoms with Gasteiger partial charge in [0.05, 0.1) is 40.4 Å². The van der Waals surface area contributed by atoms with Crippen molar-refractivity contribution in [3.8, 4) is 5.75 Å². The molecule has 2 fully saturated rings. The summed E-state index contributed by atoms with van der Waals surface area (Å²) in [6.07, 6.45) is 4.88. The van der Waals surface area contributed by atoms with E-state index in [0.717, 1.165) is 92.4 Å². The van der Waals surface area contributed by atoms with Crippen molar-refractivity contribution in [1.29, 1.82) is 0 Å². The van der Waals surface area contributed by atoms with Crippen molar-refractivity contribution < 1.29 is 14.3 Å². The van der Waals surface area contributed by atoms with Crippen LogP contribution in [0.5, 0.6) is 5.75 Å². The van der Waals surface area contributed by atoms with Crippen LogP contribution >= 0.6 is 35.0 Å². The molecule has 11 heteroatoms.